The second kappa shape index (κ2) is 32.4. The number of anilines is 4. The summed E-state index contributed by atoms with van der Waals surface area (Å²) >= 11 is 31.2. The Morgan fingerprint density at radius 1 is 0.420 bits per heavy atom. The minimum Gasteiger partial charge on any atom is -0.371 e. The first-order valence-electron chi connectivity index (χ1n) is 39.3. The van der Waals surface area contributed by atoms with Gasteiger partial charge in [0.1, 0.15) is 0 Å². The molecular formula is C82H96Cl5N19O5S. The number of fused-ring (bicyclic) bond motifs is 6. The van der Waals surface area contributed by atoms with E-state index >= 15 is 0 Å². The van der Waals surface area contributed by atoms with Crippen LogP contribution in [0.2, 0.25) is 25.1 Å². The lowest BCUT2D eigenvalue weighted by atomic mass is 9.71. The highest BCUT2D eigenvalue weighted by Crippen LogP contribution is 2.48. The molecule has 7 saturated heterocycles. The van der Waals surface area contributed by atoms with Crippen LogP contribution in [0.25, 0.3) is 65.5 Å². The zero-order valence-corrected chi connectivity index (χ0v) is 68.1. The molecule has 1 saturated carbocycles. The Morgan fingerprint density at radius 3 is 1.21 bits per heavy atom. The van der Waals surface area contributed by atoms with E-state index in [1.807, 2.05) is 118 Å². The molecule has 13 heterocycles. The number of nitrogens with zero attached hydrogens (tertiary/aromatic N) is 13. The Balaban J connectivity index is 0.000000107. The van der Waals surface area contributed by atoms with E-state index in [0.717, 1.165) is 229 Å². The number of carbonyl (C=O) groups excluding carboxylic acids is 2. The predicted molar refractivity (Wildman–Crippen MR) is 451 cm³/mol. The van der Waals surface area contributed by atoms with Crippen molar-refractivity contribution in [2.75, 3.05) is 117 Å². The van der Waals surface area contributed by atoms with Crippen molar-refractivity contribution in [3.63, 3.8) is 0 Å². The second-order valence-electron chi connectivity index (χ2n) is 32.4. The molecule has 0 atom stereocenters. The van der Waals surface area contributed by atoms with Crippen LogP contribution in [0.15, 0.2) is 121 Å². The fourth-order valence-electron chi connectivity index (χ4n) is 19.0. The molecule has 30 heteroatoms. The molecule has 3 spiro atoms. The van der Waals surface area contributed by atoms with E-state index in [9.17, 15) is 22.8 Å². The number of rotatable bonds is 7. The molecule has 20 rings (SSSR count). The number of benzene rings is 6. The zero-order valence-electron chi connectivity index (χ0n) is 63.5. The van der Waals surface area contributed by atoms with Gasteiger partial charge in [-0.1, -0.05) is 89.4 Å². The highest BCUT2D eigenvalue weighted by atomic mass is 35.5. The van der Waals surface area contributed by atoms with Crippen LogP contribution in [0.1, 0.15) is 134 Å². The number of halogens is 5. The summed E-state index contributed by atoms with van der Waals surface area (Å²) in [5.41, 5.74) is 13.6. The molecule has 8 aliphatic rings. The molecule has 0 bridgehead atoms. The first kappa shape index (κ1) is 77.4. The number of piperidine rings is 5. The van der Waals surface area contributed by atoms with Crippen LogP contribution in [-0.2, 0) is 19.6 Å². The molecule has 112 heavy (non-hydrogen) atoms. The minimum atomic E-state index is -3.04. The van der Waals surface area contributed by atoms with E-state index < -0.39 is 10.0 Å². The monoisotopic (exact) mass is 1630 g/mol. The molecule has 1 aliphatic carbocycles. The van der Waals surface area contributed by atoms with Gasteiger partial charge < -0.3 is 34.4 Å². The van der Waals surface area contributed by atoms with E-state index in [1.54, 1.807) is 18.2 Å². The number of imidazole rings is 1. The van der Waals surface area contributed by atoms with Gasteiger partial charge in [0.15, 0.2) is 0 Å². The van der Waals surface area contributed by atoms with Gasteiger partial charge in [-0.05, 0) is 179 Å². The average Bonchev–Trinajstić information content (AvgIpc) is 1.16. The summed E-state index contributed by atoms with van der Waals surface area (Å²) in [6, 6.07) is 27.8. The largest absolute Gasteiger partial charge is 0.371 e. The van der Waals surface area contributed by atoms with Gasteiger partial charge in [-0.15, -0.1) is 0 Å². The number of hydrogen-bond donors (Lipinski definition) is 6. The summed E-state index contributed by atoms with van der Waals surface area (Å²) < 4.78 is 26.6. The first-order chi connectivity index (χ1) is 54.0. The number of nitrogens with one attached hydrogen (secondary N) is 6. The fourth-order valence-corrected chi connectivity index (χ4v) is 21.1. The molecule has 12 aromatic rings. The molecule has 6 N–H and O–H groups in total. The Labute approximate surface area is 675 Å². The van der Waals surface area contributed by atoms with Crippen LogP contribution >= 0.6 is 58.0 Å². The highest BCUT2D eigenvalue weighted by Gasteiger charge is 2.49. The van der Waals surface area contributed by atoms with Crippen molar-refractivity contribution in [2.24, 2.45) is 16.2 Å². The number of aromatic amines is 6. The van der Waals surface area contributed by atoms with E-state index in [1.165, 1.54) is 67.8 Å². The summed E-state index contributed by atoms with van der Waals surface area (Å²) in [7, 11) is -3.04. The molecule has 24 nitrogen and oxygen atoms in total. The highest BCUT2D eigenvalue weighted by molar-refractivity contribution is 7.88. The number of H-pyrrole nitrogens is 6. The van der Waals surface area contributed by atoms with Gasteiger partial charge in [0.2, 0.25) is 21.8 Å². The second-order valence-corrected chi connectivity index (χ2v) is 36.6. The molecular weight excluding hydrogens is 1540 g/mol. The van der Waals surface area contributed by atoms with E-state index in [0.29, 0.717) is 39.9 Å². The number of likely N-dealkylation sites (tertiary alicyclic amines) is 2. The van der Waals surface area contributed by atoms with Crippen molar-refractivity contribution in [3.8, 4) is 0 Å². The van der Waals surface area contributed by atoms with Crippen molar-refractivity contribution < 1.29 is 18.0 Å². The normalized spacial score (nSPS) is 19.4. The van der Waals surface area contributed by atoms with Gasteiger partial charge in [0.25, 0.3) is 0 Å². The molecule has 0 unspecified atom stereocenters. The average molecular weight is 1640 g/mol. The molecule has 8 fully saturated rings. The number of aromatic nitrogens is 12. The maximum Gasteiger partial charge on any atom is 0.326 e. The van der Waals surface area contributed by atoms with Gasteiger partial charge in [0.05, 0.1) is 75.9 Å². The zero-order chi connectivity index (χ0) is 77.6. The minimum absolute atomic E-state index is 0.0235. The van der Waals surface area contributed by atoms with Crippen LogP contribution in [0, 0.1) is 16.2 Å². The number of sulfonamides is 1. The maximum absolute atomic E-state index is 12.4. The van der Waals surface area contributed by atoms with Gasteiger partial charge in [-0.2, -0.15) is 25.5 Å². The quantitative estimate of drug-likeness (QED) is 0.0866. The molecule has 590 valence electrons. The van der Waals surface area contributed by atoms with Crippen LogP contribution in [0.4, 0.5) is 22.7 Å². The third-order valence-corrected chi connectivity index (χ3v) is 27.8. The van der Waals surface area contributed by atoms with Crippen molar-refractivity contribution in [3.05, 3.63) is 157 Å². The number of para-hydroxylation sites is 2. The first-order valence-corrected chi connectivity index (χ1v) is 43.1. The number of amides is 2. The standard InChI is InChI=1S/C19H18ClN5O.C18H23ClN4O.C17H21ClN4O.C15H19ClN4O2S.C13H15ClN2/c20-12-9-16-14(11-21-23-16)18(10-12)24-7-5-13(6-8-24)25-17-4-2-1-3-15(17)22-19(25)26;1-13(24)22-6-2-18(3-7-22)4-8-23(9-5-18)17-11-14(19)10-16-15(17)12-20-21-16;1-12(23)22-7-4-17(11-22)2-5-21(6-3-17)16-9-13(18)8-15-14(16)10-19-20-15;1-23(21,22)20-9-15(10-20)2-4-19(5-3-15)14-7-11(16)6-13-12(14)8-17-18-13;14-10-6-11(9-4-2-1-3-5-9)12-8-15-16-13(12)7-10/h1-4,9-11,13H,5-8H2,(H,21,23)(H,22,26);10-12H,2-9H2,1H3,(H,20,21);8-10H,2-7,11H2,1H3,(H,19,20);6-8H,2-5,9-10H2,1H3,(H,17,18);6-9H,1-5H2,(H,15,16). The van der Waals surface area contributed by atoms with Crippen LogP contribution < -0.4 is 25.3 Å². The van der Waals surface area contributed by atoms with Crippen molar-refractivity contribution in [2.45, 2.75) is 129 Å². The lowest BCUT2D eigenvalue weighted by molar-refractivity contribution is -0.131. The Kier molecular flexibility index (Phi) is 22.4. The van der Waals surface area contributed by atoms with Crippen LogP contribution in [0.3, 0.4) is 0 Å². The van der Waals surface area contributed by atoms with Gasteiger partial charge in [-0.3, -0.25) is 39.6 Å². The Bertz CT molecular complexity index is 5560. The lowest BCUT2D eigenvalue weighted by Crippen LogP contribution is -2.61. The van der Waals surface area contributed by atoms with E-state index in [2.05, 4.69) is 87.7 Å². The van der Waals surface area contributed by atoms with Gasteiger partial charge >= 0.3 is 5.69 Å². The molecule has 2 amide bonds. The molecule has 6 aromatic carbocycles. The number of carbonyl (C=O) groups is 2. The maximum atomic E-state index is 12.4. The van der Waals surface area contributed by atoms with Gasteiger partial charge in [0, 0.05) is 192 Å². The third kappa shape index (κ3) is 16.4. The fraction of sp³-hybridized carbons (Fsp3) is 0.463. The predicted octanol–water partition coefficient (Wildman–Crippen LogP) is 16.5. The molecule has 7 aliphatic heterocycles. The summed E-state index contributed by atoms with van der Waals surface area (Å²) in [5.74, 6) is 1.09. The molecule has 6 aromatic heterocycles. The summed E-state index contributed by atoms with van der Waals surface area (Å²) in [5, 5.41) is 45.0. The summed E-state index contributed by atoms with van der Waals surface area (Å²) in [6.45, 7) is 16.0. The van der Waals surface area contributed by atoms with Crippen LogP contribution in [0.5, 0.6) is 0 Å². The third-order valence-electron chi connectivity index (χ3n) is 25.5. The van der Waals surface area contributed by atoms with Crippen molar-refractivity contribution in [1.29, 1.82) is 0 Å². The summed E-state index contributed by atoms with van der Waals surface area (Å²) in [4.78, 5) is 52.0. The Hall–Kier alpha value is -8.56. The van der Waals surface area contributed by atoms with Crippen LogP contribution in [-0.4, -0.2) is 193 Å². The van der Waals surface area contributed by atoms with E-state index in [-0.39, 0.29) is 29.0 Å². The smallest absolute Gasteiger partial charge is 0.326 e. The molecule has 0 radical (unpaired) electrons. The number of hydrogen-bond acceptors (Lipinski definition) is 14. The van der Waals surface area contributed by atoms with E-state index in [4.69, 9.17) is 58.0 Å². The van der Waals surface area contributed by atoms with Gasteiger partial charge in [-0.25, -0.2) is 17.5 Å². The lowest BCUT2D eigenvalue weighted by Gasteiger charge is -2.53. The van der Waals surface area contributed by atoms with Crippen molar-refractivity contribution in [1.82, 2.24) is 74.6 Å². The summed E-state index contributed by atoms with van der Waals surface area (Å²) in [6.07, 6.45) is 29.2. The van der Waals surface area contributed by atoms with Crippen molar-refractivity contribution >= 4 is 168 Å². The SMILES string of the molecule is CC(=O)N1CCC2(CC1)CCN(c1cc(Cl)cc3[nH]ncc13)CC2.CC(=O)N1CCC2(CCN(c3cc(Cl)cc4[nH]ncc34)CC2)C1.CS(=O)(=O)N1CC2(CCN(c3cc(Cl)cc4[nH]ncc34)CC2)C1.Clc1cc(C2CCCCC2)c2cn[nH]c2c1.O=c1[nH]c2ccccc2n1C1CCN(c2cc(Cl)cc3[nH]ncc23)CC1. The Morgan fingerprint density at radius 2 is 0.786 bits per heavy atom. The topological polar surface area (TPSA) is 272 Å².